The van der Waals surface area contributed by atoms with Gasteiger partial charge in [0, 0.05) is 36.9 Å². The summed E-state index contributed by atoms with van der Waals surface area (Å²) in [6.07, 6.45) is 3.83. The van der Waals surface area contributed by atoms with Crippen molar-refractivity contribution in [2.24, 2.45) is 13.0 Å². The second-order valence-corrected chi connectivity index (χ2v) is 7.45. The molecule has 2 aromatic rings. The standard InChI is InChI=1S/C18H23ClN4OS/c1-13(2)12-25-18-22-21-16(23(18)3)10-11-20-17(24)9-8-14-6-4-5-7-15(14)19/h4-9,13H,10-12H2,1-3H3,(H,20,24). The molecule has 1 amide bonds. The Morgan fingerprint density at radius 1 is 1.36 bits per heavy atom. The minimum absolute atomic E-state index is 0.156. The Morgan fingerprint density at radius 2 is 2.12 bits per heavy atom. The van der Waals surface area contributed by atoms with Crippen molar-refractivity contribution in [2.75, 3.05) is 12.3 Å². The normalized spacial score (nSPS) is 11.4. The Bertz CT molecular complexity index is 742. The van der Waals surface area contributed by atoms with Crippen LogP contribution in [0.3, 0.4) is 0 Å². The van der Waals surface area contributed by atoms with Gasteiger partial charge in [-0.2, -0.15) is 0 Å². The lowest BCUT2D eigenvalue weighted by atomic mass is 10.2. The highest BCUT2D eigenvalue weighted by Gasteiger charge is 2.10. The first-order valence-corrected chi connectivity index (χ1v) is 9.55. The molecule has 5 nitrogen and oxygen atoms in total. The number of nitrogens with zero attached hydrogens (tertiary/aromatic N) is 3. The predicted molar refractivity (Wildman–Crippen MR) is 104 cm³/mol. The van der Waals surface area contributed by atoms with Gasteiger partial charge in [-0.25, -0.2) is 0 Å². The molecule has 2 rings (SSSR count). The molecule has 0 aliphatic heterocycles. The van der Waals surface area contributed by atoms with Crippen LogP contribution in [0.4, 0.5) is 0 Å². The molecule has 0 radical (unpaired) electrons. The van der Waals surface area contributed by atoms with Crippen LogP contribution in [0.5, 0.6) is 0 Å². The second-order valence-electron chi connectivity index (χ2n) is 6.06. The fraction of sp³-hybridized carbons (Fsp3) is 0.389. The van der Waals surface area contributed by atoms with Gasteiger partial charge in [-0.1, -0.05) is 55.4 Å². The molecular weight excluding hydrogens is 356 g/mol. The number of rotatable bonds is 8. The molecule has 0 fully saturated rings. The minimum atomic E-state index is -0.156. The van der Waals surface area contributed by atoms with E-state index < -0.39 is 0 Å². The number of carbonyl (C=O) groups excluding carboxylic acids is 1. The van der Waals surface area contributed by atoms with Crippen LogP contribution in [-0.2, 0) is 18.3 Å². The Balaban J connectivity index is 1.80. The summed E-state index contributed by atoms with van der Waals surface area (Å²) in [5, 5.41) is 12.8. The van der Waals surface area contributed by atoms with E-state index >= 15 is 0 Å². The van der Waals surface area contributed by atoms with E-state index in [1.54, 1.807) is 23.9 Å². The Kier molecular flexibility index (Phi) is 7.52. The molecule has 7 heteroatoms. The average molecular weight is 379 g/mol. The molecule has 0 aliphatic carbocycles. The number of carbonyl (C=O) groups is 1. The number of thioether (sulfide) groups is 1. The van der Waals surface area contributed by atoms with Crippen LogP contribution in [0.2, 0.25) is 5.02 Å². The number of nitrogens with one attached hydrogen (secondary N) is 1. The van der Waals surface area contributed by atoms with E-state index in [4.69, 9.17) is 11.6 Å². The van der Waals surface area contributed by atoms with E-state index in [2.05, 4.69) is 29.4 Å². The number of benzene rings is 1. The molecule has 0 saturated carbocycles. The van der Waals surface area contributed by atoms with E-state index in [0.717, 1.165) is 22.3 Å². The molecular formula is C18H23ClN4OS. The zero-order chi connectivity index (χ0) is 18.2. The maximum absolute atomic E-state index is 11.9. The lowest BCUT2D eigenvalue weighted by Crippen LogP contribution is -2.24. The van der Waals surface area contributed by atoms with E-state index in [1.807, 2.05) is 29.8 Å². The first-order chi connectivity index (χ1) is 12.0. The summed E-state index contributed by atoms with van der Waals surface area (Å²) in [7, 11) is 1.96. The van der Waals surface area contributed by atoms with Crippen molar-refractivity contribution < 1.29 is 4.79 Å². The third-order valence-electron chi connectivity index (χ3n) is 3.44. The first kappa shape index (κ1) is 19.5. The summed E-state index contributed by atoms with van der Waals surface area (Å²) in [5.41, 5.74) is 0.819. The zero-order valence-corrected chi connectivity index (χ0v) is 16.3. The highest BCUT2D eigenvalue weighted by atomic mass is 35.5. The minimum Gasteiger partial charge on any atom is -0.352 e. The van der Waals surface area contributed by atoms with Crippen molar-refractivity contribution in [3.63, 3.8) is 0 Å². The fourth-order valence-electron chi connectivity index (χ4n) is 2.06. The highest BCUT2D eigenvalue weighted by Crippen LogP contribution is 2.18. The van der Waals surface area contributed by atoms with Gasteiger partial charge < -0.3 is 9.88 Å². The van der Waals surface area contributed by atoms with Gasteiger partial charge in [0.05, 0.1) is 0 Å². The van der Waals surface area contributed by atoms with Crippen molar-refractivity contribution in [3.05, 3.63) is 46.8 Å². The topological polar surface area (TPSA) is 59.8 Å². The Hall–Kier alpha value is -1.79. The average Bonchev–Trinajstić information content (AvgIpc) is 2.92. The maximum atomic E-state index is 11.9. The SMILES string of the molecule is CC(C)CSc1nnc(CCNC(=O)C=Cc2ccccc2Cl)n1C. The summed E-state index contributed by atoms with van der Waals surface area (Å²) in [6, 6.07) is 7.39. The smallest absolute Gasteiger partial charge is 0.244 e. The van der Waals surface area contributed by atoms with Gasteiger partial charge in [-0.3, -0.25) is 4.79 Å². The molecule has 134 valence electrons. The van der Waals surface area contributed by atoms with Crippen LogP contribution in [0.15, 0.2) is 35.5 Å². The summed E-state index contributed by atoms with van der Waals surface area (Å²) in [4.78, 5) is 11.9. The van der Waals surface area contributed by atoms with Crippen molar-refractivity contribution in [3.8, 4) is 0 Å². The third-order valence-corrected chi connectivity index (χ3v) is 5.23. The Morgan fingerprint density at radius 3 is 2.84 bits per heavy atom. The molecule has 0 spiro atoms. The second kappa shape index (κ2) is 9.63. The van der Waals surface area contributed by atoms with Gasteiger partial charge in [0.2, 0.25) is 5.91 Å². The Labute approximate surface area is 157 Å². The van der Waals surface area contributed by atoms with Crippen LogP contribution in [0.25, 0.3) is 6.08 Å². The predicted octanol–water partition coefficient (Wildman–Crippen LogP) is 3.59. The number of halogens is 1. The number of hydrogen-bond acceptors (Lipinski definition) is 4. The van der Waals surface area contributed by atoms with Crippen molar-refractivity contribution in [1.29, 1.82) is 0 Å². The molecule has 0 aliphatic rings. The molecule has 0 unspecified atom stereocenters. The quantitative estimate of drug-likeness (QED) is 0.563. The van der Waals surface area contributed by atoms with Gasteiger partial charge in [0.25, 0.3) is 0 Å². The maximum Gasteiger partial charge on any atom is 0.244 e. The van der Waals surface area contributed by atoms with Crippen LogP contribution in [0.1, 0.15) is 25.2 Å². The van der Waals surface area contributed by atoms with Crippen LogP contribution >= 0.6 is 23.4 Å². The molecule has 1 heterocycles. The molecule has 0 bridgehead atoms. The summed E-state index contributed by atoms with van der Waals surface area (Å²) in [5.74, 6) is 2.32. The van der Waals surface area contributed by atoms with Gasteiger partial charge in [0.15, 0.2) is 5.16 Å². The first-order valence-electron chi connectivity index (χ1n) is 8.19. The monoisotopic (exact) mass is 378 g/mol. The van der Waals surface area contributed by atoms with Crippen LogP contribution in [-0.4, -0.2) is 33.0 Å². The van der Waals surface area contributed by atoms with E-state index in [1.165, 1.54) is 6.08 Å². The summed E-state index contributed by atoms with van der Waals surface area (Å²) < 4.78 is 1.98. The molecule has 1 N–H and O–H groups in total. The van der Waals surface area contributed by atoms with Gasteiger partial charge in [-0.05, 0) is 23.6 Å². The fourth-order valence-corrected chi connectivity index (χ4v) is 3.14. The largest absolute Gasteiger partial charge is 0.352 e. The van der Waals surface area contributed by atoms with Crippen LogP contribution < -0.4 is 5.32 Å². The van der Waals surface area contributed by atoms with Crippen molar-refractivity contribution in [2.45, 2.75) is 25.4 Å². The summed E-state index contributed by atoms with van der Waals surface area (Å²) in [6.45, 7) is 4.86. The molecule has 1 aromatic carbocycles. The number of amides is 1. The van der Waals surface area contributed by atoms with Gasteiger partial charge in [0.1, 0.15) is 5.82 Å². The highest BCUT2D eigenvalue weighted by molar-refractivity contribution is 7.99. The summed E-state index contributed by atoms with van der Waals surface area (Å²) >= 11 is 7.76. The van der Waals surface area contributed by atoms with Crippen LogP contribution in [0, 0.1) is 5.92 Å². The third kappa shape index (κ3) is 6.21. The zero-order valence-electron chi connectivity index (χ0n) is 14.7. The van der Waals surface area contributed by atoms with Crippen molar-refractivity contribution >= 4 is 35.3 Å². The van der Waals surface area contributed by atoms with Crippen molar-refractivity contribution in [1.82, 2.24) is 20.1 Å². The van der Waals surface area contributed by atoms with E-state index in [0.29, 0.717) is 23.9 Å². The number of hydrogen-bond donors (Lipinski definition) is 1. The number of aromatic nitrogens is 3. The lowest BCUT2D eigenvalue weighted by molar-refractivity contribution is -0.116. The molecule has 25 heavy (non-hydrogen) atoms. The molecule has 0 atom stereocenters. The van der Waals surface area contributed by atoms with Gasteiger partial charge >= 0.3 is 0 Å². The van der Waals surface area contributed by atoms with E-state index in [-0.39, 0.29) is 5.91 Å². The van der Waals surface area contributed by atoms with E-state index in [9.17, 15) is 4.79 Å². The van der Waals surface area contributed by atoms with Gasteiger partial charge in [-0.15, -0.1) is 10.2 Å². The molecule has 1 aromatic heterocycles. The molecule has 0 saturated heterocycles. The lowest BCUT2D eigenvalue weighted by Gasteiger charge is -2.05.